The molecule has 2 nitrogen and oxygen atoms in total. The maximum Gasteiger partial charge on any atom is 0.0547 e. The van der Waals surface area contributed by atoms with E-state index in [-0.39, 0.29) is 0 Å². The third-order valence-corrected chi connectivity index (χ3v) is 13.8. The number of hydrogen-bond acceptors (Lipinski definition) is 1. The van der Waals surface area contributed by atoms with Crippen molar-refractivity contribution in [2.24, 2.45) is 0 Å². The molecular weight excluding hydrogens is 773 g/mol. The quantitative estimate of drug-likeness (QED) is 0.148. The van der Waals surface area contributed by atoms with Crippen molar-refractivity contribution in [2.45, 2.75) is 38.0 Å². The Bertz CT molecular complexity index is 3470. The van der Waals surface area contributed by atoms with E-state index in [1.807, 2.05) is 0 Å². The first kappa shape index (κ1) is 38.0. The Morgan fingerprint density at radius 2 is 1.02 bits per heavy atom. The molecule has 0 radical (unpaired) electrons. The van der Waals surface area contributed by atoms with E-state index in [1.165, 1.54) is 114 Å². The number of fused-ring (bicyclic) bond motifs is 5. The Morgan fingerprint density at radius 3 is 1.89 bits per heavy atom. The summed E-state index contributed by atoms with van der Waals surface area (Å²) in [5.41, 5.74) is 15.7. The molecule has 1 aliphatic rings. The molecular formula is C62H48N2. The number of rotatable bonds is 8. The van der Waals surface area contributed by atoms with Crippen LogP contribution < -0.4 is 4.90 Å². The van der Waals surface area contributed by atoms with Crippen LogP contribution in [0.25, 0.3) is 82.4 Å². The minimum atomic E-state index is 0.583. The molecule has 0 bridgehead atoms. The van der Waals surface area contributed by atoms with Gasteiger partial charge in [-0.1, -0.05) is 183 Å². The second-order valence-electron chi connectivity index (χ2n) is 17.5. The topological polar surface area (TPSA) is 8.17 Å². The molecule has 64 heavy (non-hydrogen) atoms. The minimum Gasteiger partial charge on any atom is -0.310 e. The second-order valence-corrected chi connectivity index (χ2v) is 17.5. The Kier molecular flexibility index (Phi) is 9.64. The van der Waals surface area contributed by atoms with Gasteiger partial charge in [0.25, 0.3) is 0 Å². The zero-order valence-corrected chi connectivity index (χ0v) is 35.9. The van der Waals surface area contributed by atoms with Crippen LogP contribution in [0.4, 0.5) is 17.1 Å². The van der Waals surface area contributed by atoms with Gasteiger partial charge in [0.2, 0.25) is 0 Å². The number of anilines is 3. The summed E-state index contributed by atoms with van der Waals surface area (Å²) in [6.45, 7) is 0. The molecule has 0 N–H and O–H groups in total. The Balaban J connectivity index is 1.03. The highest BCUT2D eigenvalue weighted by Crippen LogP contribution is 2.47. The summed E-state index contributed by atoms with van der Waals surface area (Å²) in [6, 6.07) is 83.1. The van der Waals surface area contributed by atoms with E-state index in [1.54, 1.807) is 0 Å². The van der Waals surface area contributed by atoms with Gasteiger partial charge < -0.3 is 9.47 Å². The van der Waals surface area contributed by atoms with E-state index >= 15 is 0 Å². The van der Waals surface area contributed by atoms with Crippen LogP contribution in [-0.4, -0.2) is 4.57 Å². The minimum absolute atomic E-state index is 0.583. The monoisotopic (exact) mass is 820 g/mol. The number of benzene rings is 10. The second kappa shape index (κ2) is 16.2. The summed E-state index contributed by atoms with van der Waals surface area (Å²) in [6.07, 6.45) is 6.47. The highest BCUT2D eigenvalue weighted by molar-refractivity contribution is 6.10. The molecule has 2 heteroatoms. The van der Waals surface area contributed by atoms with Crippen LogP contribution in [0.1, 0.15) is 43.6 Å². The van der Waals surface area contributed by atoms with Gasteiger partial charge in [-0.2, -0.15) is 0 Å². The maximum atomic E-state index is 2.48. The summed E-state index contributed by atoms with van der Waals surface area (Å²) in [5.74, 6) is 0.583. The molecule has 1 aliphatic carbocycles. The van der Waals surface area contributed by atoms with Crippen molar-refractivity contribution in [3.8, 4) is 39.1 Å². The molecule has 0 saturated heterocycles. The molecule has 0 atom stereocenters. The molecule has 1 saturated carbocycles. The van der Waals surface area contributed by atoms with Crippen molar-refractivity contribution in [3.63, 3.8) is 0 Å². The number of hydrogen-bond donors (Lipinski definition) is 0. The third kappa shape index (κ3) is 6.74. The molecule has 0 aliphatic heterocycles. The van der Waals surface area contributed by atoms with Gasteiger partial charge in [0.05, 0.1) is 16.7 Å². The summed E-state index contributed by atoms with van der Waals surface area (Å²) >= 11 is 0. The molecule has 0 unspecified atom stereocenters. The largest absolute Gasteiger partial charge is 0.310 e. The highest BCUT2D eigenvalue weighted by Gasteiger charge is 2.23. The molecule has 1 aromatic heterocycles. The fraction of sp³-hybridized carbons (Fsp3) is 0.0968. The zero-order valence-electron chi connectivity index (χ0n) is 35.9. The smallest absolute Gasteiger partial charge is 0.0547 e. The lowest BCUT2D eigenvalue weighted by Gasteiger charge is -2.29. The number of nitrogens with zero attached hydrogens (tertiary/aromatic N) is 2. The van der Waals surface area contributed by atoms with E-state index in [2.05, 4.69) is 234 Å². The molecule has 12 rings (SSSR count). The highest BCUT2D eigenvalue weighted by atomic mass is 15.1. The Labute approximate surface area is 375 Å². The van der Waals surface area contributed by atoms with E-state index < -0.39 is 0 Å². The molecule has 0 amide bonds. The van der Waals surface area contributed by atoms with Gasteiger partial charge in [-0.25, -0.2) is 0 Å². The van der Waals surface area contributed by atoms with Crippen LogP contribution >= 0.6 is 0 Å². The molecule has 306 valence electrons. The van der Waals surface area contributed by atoms with Gasteiger partial charge >= 0.3 is 0 Å². The van der Waals surface area contributed by atoms with Crippen LogP contribution in [0.3, 0.4) is 0 Å². The van der Waals surface area contributed by atoms with Crippen LogP contribution in [0.2, 0.25) is 0 Å². The van der Waals surface area contributed by atoms with Gasteiger partial charge in [-0.05, 0) is 134 Å². The molecule has 1 fully saturated rings. The first-order valence-electron chi connectivity index (χ1n) is 22.9. The SMILES string of the molecule is c1ccc(-n2c3ccccc3c3ccc(-c4cccc(N(c5ccc(-c6ccc7ccccc7c6)cc5)c5ccccc5-c5cccc6cccc(C7CCCCC7)c56)c4)cc32)cc1. The fourth-order valence-electron chi connectivity index (χ4n) is 10.7. The van der Waals surface area contributed by atoms with Crippen LogP contribution in [-0.2, 0) is 0 Å². The van der Waals surface area contributed by atoms with Gasteiger partial charge in [0, 0.05) is 33.4 Å². The van der Waals surface area contributed by atoms with Crippen molar-refractivity contribution in [1.82, 2.24) is 4.57 Å². The third-order valence-electron chi connectivity index (χ3n) is 13.8. The normalized spacial score (nSPS) is 13.2. The molecule has 1 heterocycles. The lowest BCUT2D eigenvalue weighted by atomic mass is 9.80. The summed E-state index contributed by atoms with van der Waals surface area (Å²) < 4.78 is 2.41. The lowest BCUT2D eigenvalue weighted by molar-refractivity contribution is 0.445. The summed E-state index contributed by atoms with van der Waals surface area (Å²) in [5, 5.41) is 7.73. The van der Waals surface area contributed by atoms with Crippen molar-refractivity contribution in [1.29, 1.82) is 0 Å². The Morgan fingerprint density at radius 1 is 0.375 bits per heavy atom. The number of aromatic nitrogens is 1. The van der Waals surface area contributed by atoms with Crippen LogP contribution in [0.15, 0.2) is 224 Å². The van der Waals surface area contributed by atoms with Gasteiger partial charge in [-0.3, -0.25) is 0 Å². The van der Waals surface area contributed by atoms with Crippen LogP contribution in [0, 0.1) is 0 Å². The number of para-hydroxylation sites is 3. The lowest BCUT2D eigenvalue weighted by Crippen LogP contribution is -2.11. The zero-order chi connectivity index (χ0) is 42.4. The first-order chi connectivity index (χ1) is 31.7. The maximum absolute atomic E-state index is 2.48. The predicted molar refractivity (Wildman–Crippen MR) is 273 cm³/mol. The van der Waals surface area contributed by atoms with Gasteiger partial charge in [0.1, 0.15) is 0 Å². The van der Waals surface area contributed by atoms with E-state index in [9.17, 15) is 0 Å². The van der Waals surface area contributed by atoms with E-state index in [4.69, 9.17) is 0 Å². The van der Waals surface area contributed by atoms with Crippen molar-refractivity contribution < 1.29 is 0 Å². The van der Waals surface area contributed by atoms with E-state index in [0.717, 1.165) is 22.7 Å². The van der Waals surface area contributed by atoms with Gasteiger partial charge in [-0.15, -0.1) is 0 Å². The predicted octanol–water partition coefficient (Wildman–Crippen LogP) is 17.6. The molecule has 0 spiro atoms. The first-order valence-corrected chi connectivity index (χ1v) is 22.9. The van der Waals surface area contributed by atoms with Crippen LogP contribution in [0.5, 0.6) is 0 Å². The standard InChI is InChI=1S/C62H48N2/c1-3-17-45(18-4-1)54-28-14-20-46-21-15-29-58(62(46)54)56-27-10-11-30-59(56)63(52-37-34-44(35-38-52)49-33-32-43-16-7-8-19-47(43)40-49)53-25-13-22-48(41-53)50-36-39-57-55-26-9-12-31-60(55)64(61(57)42-50)51-23-5-2-6-24-51/h2,5-16,19-42,45H,1,3-4,17-18H2. The summed E-state index contributed by atoms with van der Waals surface area (Å²) in [7, 11) is 0. The van der Waals surface area contributed by atoms with Crippen molar-refractivity contribution >= 4 is 60.4 Å². The van der Waals surface area contributed by atoms with Gasteiger partial charge in [0.15, 0.2) is 0 Å². The average molecular weight is 821 g/mol. The van der Waals surface area contributed by atoms with Crippen molar-refractivity contribution in [3.05, 3.63) is 230 Å². The average Bonchev–Trinajstić information content (AvgIpc) is 3.70. The van der Waals surface area contributed by atoms with E-state index in [0.29, 0.717) is 5.92 Å². The summed E-state index contributed by atoms with van der Waals surface area (Å²) in [4.78, 5) is 2.48. The Hall–Kier alpha value is -7.68. The molecule has 11 aromatic rings. The molecule has 10 aromatic carbocycles. The van der Waals surface area contributed by atoms with Crippen molar-refractivity contribution in [2.75, 3.05) is 4.90 Å². The fourth-order valence-corrected chi connectivity index (χ4v) is 10.7.